The zero-order valence-electron chi connectivity index (χ0n) is 9.68. The first-order chi connectivity index (χ1) is 8.31. The van der Waals surface area contributed by atoms with Crippen LogP contribution in [0.25, 0.3) is 0 Å². The van der Waals surface area contributed by atoms with Crippen LogP contribution in [-0.4, -0.2) is 17.9 Å². The number of benzene rings is 1. The van der Waals surface area contributed by atoms with Gasteiger partial charge in [0.25, 0.3) is 0 Å². The molecule has 0 aliphatic heterocycles. The number of halogens is 3. The highest BCUT2D eigenvalue weighted by atomic mass is 35.5. The molecule has 0 fully saturated rings. The summed E-state index contributed by atoms with van der Waals surface area (Å²) >= 11 is 17.4. The third-order valence-electron chi connectivity index (χ3n) is 1.88. The number of hydrogen-bond acceptors (Lipinski definition) is 2. The molecule has 0 saturated heterocycles. The van der Waals surface area contributed by atoms with Crippen molar-refractivity contribution in [2.75, 3.05) is 5.32 Å². The molecule has 0 bridgehead atoms. The van der Waals surface area contributed by atoms with Crippen LogP contribution in [0.1, 0.15) is 13.8 Å². The highest BCUT2D eigenvalue weighted by Gasteiger charge is 2.16. The molecule has 1 rings (SSSR count). The largest absolute Gasteiger partial charge is 0.346 e. The molecule has 2 amide bonds. The molecule has 0 saturated carbocycles. The smallest absolute Gasteiger partial charge is 0.313 e. The Labute approximate surface area is 120 Å². The summed E-state index contributed by atoms with van der Waals surface area (Å²) in [6.07, 6.45) is 0. The van der Waals surface area contributed by atoms with Crippen molar-refractivity contribution in [3.05, 3.63) is 27.2 Å². The topological polar surface area (TPSA) is 58.2 Å². The fraction of sp³-hybridized carbons (Fsp3) is 0.273. The van der Waals surface area contributed by atoms with Gasteiger partial charge in [-0.1, -0.05) is 34.8 Å². The molecule has 4 nitrogen and oxygen atoms in total. The number of nitrogens with one attached hydrogen (secondary N) is 2. The normalized spacial score (nSPS) is 10.3. The molecule has 0 atom stereocenters. The number of carbonyl (C=O) groups excluding carboxylic acids is 2. The summed E-state index contributed by atoms with van der Waals surface area (Å²) in [6.45, 7) is 3.49. The van der Waals surface area contributed by atoms with Gasteiger partial charge in [-0.05, 0) is 26.0 Å². The molecule has 18 heavy (non-hydrogen) atoms. The molecule has 0 unspecified atom stereocenters. The van der Waals surface area contributed by atoms with Crippen LogP contribution in [0.3, 0.4) is 0 Å². The Morgan fingerprint density at radius 2 is 1.56 bits per heavy atom. The van der Waals surface area contributed by atoms with Gasteiger partial charge in [0.05, 0.1) is 20.8 Å². The van der Waals surface area contributed by atoms with Gasteiger partial charge < -0.3 is 10.6 Å². The number of rotatable bonds is 2. The van der Waals surface area contributed by atoms with Gasteiger partial charge in [-0.25, -0.2) is 0 Å². The van der Waals surface area contributed by atoms with E-state index in [0.717, 1.165) is 0 Å². The number of anilines is 1. The Hall–Kier alpha value is -0.970. The van der Waals surface area contributed by atoms with Crippen molar-refractivity contribution in [2.45, 2.75) is 19.9 Å². The monoisotopic (exact) mass is 308 g/mol. The minimum atomic E-state index is -0.816. The Morgan fingerprint density at radius 3 is 2.11 bits per heavy atom. The maximum atomic E-state index is 11.5. The predicted molar refractivity (Wildman–Crippen MR) is 73.4 cm³/mol. The Bertz CT molecular complexity index is 489. The van der Waals surface area contributed by atoms with Crippen LogP contribution in [-0.2, 0) is 9.59 Å². The van der Waals surface area contributed by atoms with E-state index in [9.17, 15) is 9.59 Å². The first kappa shape index (κ1) is 15.1. The SMILES string of the molecule is CC(C)NC(=O)C(=O)Nc1cc(Cl)c(Cl)cc1Cl. The summed E-state index contributed by atoms with van der Waals surface area (Å²) in [5.41, 5.74) is 0.231. The van der Waals surface area contributed by atoms with Crippen LogP contribution in [0, 0.1) is 0 Å². The van der Waals surface area contributed by atoms with Crippen molar-refractivity contribution in [1.82, 2.24) is 5.32 Å². The number of amides is 2. The Balaban J connectivity index is 2.82. The second-order valence-electron chi connectivity index (χ2n) is 3.83. The molecule has 0 aliphatic rings. The lowest BCUT2D eigenvalue weighted by Crippen LogP contribution is -2.39. The molecule has 0 aliphatic carbocycles. The van der Waals surface area contributed by atoms with Crippen LogP contribution in [0.2, 0.25) is 15.1 Å². The number of carbonyl (C=O) groups is 2. The maximum Gasteiger partial charge on any atom is 0.313 e. The highest BCUT2D eigenvalue weighted by Crippen LogP contribution is 2.32. The number of hydrogen-bond donors (Lipinski definition) is 2. The molecular formula is C11H11Cl3N2O2. The third kappa shape index (κ3) is 4.05. The van der Waals surface area contributed by atoms with E-state index in [4.69, 9.17) is 34.8 Å². The minimum Gasteiger partial charge on any atom is -0.346 e. The summed E-state index contributed by atoms with van der Waals surface area (Å²) < 4.78 is 0. The molecule has 98 valence electrons. The van der Waals surface area contributed by atoms with Gasteiger partial charge in [0.15, 0.2) is 0 Å². The van der Waals surface area contributed by atoms with Crippen LogP contribution < -0.4 is 10.6 Å². The van der Waals surface area contributed by atoms with Crippen molar-refractivity contribution in [2.24, 2.45) is 0 Å². The van der Waals surface area contributed by atoms with Crippen molar-refractivity contribution < 1.29 is 9.59 Å². The molecule has 0 spiro atoms. The van der Waals surface area contributed by atoms with Gasteiger partial charge >= 0.3 is 11.8 Å². The molecule has 1 aromatic rings. The molecule has 0 radical (unpaired) electrons. The van der Waals surface area contributed by atoms with E-state index in [0.29, 0.717) is 0 Å². The molecular weight excluding hydrogens is 298 g/mol. The second-order valence-corrected chi connectivity index (χ2v) is 5.05. The molecule has 7 heteroatoms. The zero-order valence-corrected chi connectivity index (χ0v) is 12.0. The van der Waals surface area contributed by atoms with Gasteiger partial charge in [-0.2, -0.15) is 0 Å². The average Bonchev–Trinajstić information content (AvgIpc) is 2.24. The molecule has 1 aromatic carbocycles. The van der Waals surface area contributed by atoms with Gasteiger partial charge in [0.2, 0.25) is 0 Å². The van der Waals surface area contributed by atoms with E-state index in [1.54, 1.807) is 13.8 Å². The standard InChI is InChI=1S/C11H11Cl3N2O2/c1-5(2)15-10(17)11(18)16-9-4-7(13)6(12)3-8(9)14/h3-5H,1-2H3,(H,15,17)(H,16,18). The average molecular weight is 310 g/mol. The van der Waals surface area contributed by atoms with Gasteiger partial charge in [-0.15, -0.1) is 0 Å². The van der Waals surface area contributed by atoms with Crippen molar-refractivity contribution in [3.63, 3.8) is 0 Å². The van der Waals surface area contributed by atoms with Gasteiger partial charge in [0, 0.05) is 6.04 Å². The fourth-order valence-electron chi connectivity index (χ4n) is 1.13. The summed E-state index contributed by atoms with van der Waals surface area (Å²) in [6, 6.07) is 2.64. The maximum absolute atomic E-state index is 11.5. The lowest BCUT2D eigenvalue weighted by Gasteiger charge is -2.10. The highest BCUT2D eigenvalue weighted by molar-refractivity contribution is 6.45. The lowest BCUT2D eigenvalue weighted by atomic mass is 10.3. The second kappa shape index (κ2) is 6.27. The van der Waals surface area contributed by atoms with E-state index >= 15 is 0 Å². The molecule has 2 N–H and O–H groups in total. The molecule has 0 aromatic heterocycles. The fourth-order valence-corrected chi connectivity index (χ4v) is 1.72. The quantitative estimate of drug-likeness (QED) is 0.651. The van der Waals surface area contributed by atoms with Crippen LogP contribution in [0.5, 0.6) is 0 Å². The third-order valence-corrected chi connectivity index (χ3v) is 2.92. The van der Waals surface area contributed by atoms with Crippen molar-refractivity contribution in [1.29, 1.82) is 0 Å². The van der Waals surface area contributed by atoms with Crippen molar-refractivity contribution >= 4 is 52.3 Å². The Kier molecular flexibility index (Phi) is 5.26. The summed E-state index contributed by atoms with van der Waals surface area (Å²) in [5.74, 6) is -1.56. The van der Waals surface area contributed by atoms with Crippen LogP contribution in [0.15, 0.2) is 12.1 Å². The lowest BCUT2D eigenvalue weighted by molar-refractivity contribution is -0.136. The first-order valence-corrected chi connectivity index (χ1v) is 6.21. The predicted octanol–water partition coefficient (Wildman–Crippen LogP) is 3.11. The van der Waals surface area contributed by atoms with Gasteiger partial charge in [0.1, 0.15) is 0 Å². The summed E-state index contributed by atoms with van der Waals surface area (Å²) in [5, 5.41) is 5.52. The van der Waals surface area contributed by atoms with E-state index < -0.39 is 11.8 Å². The zero-order chi connectivity index (χ0) is 13.9. The van der Waals surface area contributed by atoms with E-state index in [-0.39, 0.29) is 26.8 Å². The van der Waals surface area contributed by atoms with Crippen molar-refractivity contribution in [3.8, 4) is 0 Å². The van der Waals surface area contributed by atoms with Gasteiger partial charge in [-0.3, -0.25) is 9.59 Å². The minimum absolute atomic E-state index is 0.132. The first-order valence-electron chi connectivity index (χ1n) is 5.07. The summed E-state index contributed by atoms with van der Waals surface area (Å²) in [4.78, 5) is 22.9. The Morgan fingerprint density at radius 1 is 1.00 bits per heavy atom. The van der Waals surface area contributed by atoms with E-state index in [1.165, 1.54) is 12.1 Å². The molecule has 0 heterocycles. The van der Waals surface area contributed by atoms with E-state index in [2.05, 4.69) is 10.6 Å². The van der Waals surface area contributed by atoms with Crippen LogP contribution in [0.4, 0.5) is 5.69 Å². The summed E-state index contributed by atoms with van der Waals surface area (Å²) in [7, 11) is 0. The van der Waals surface area contributed by atoms with E-state index in [1.807, 2.05) is 0 Å². The van der Waals surface area contributed by atoms with Crippen LogP contribution >= 0.6 is 34.8 Å².